The lowest BCUT2D eigenvalue weighted by Crippen LogP contribution is -2.57. The zero-order valence-electron chi connectivity index (χ0n) is 16.3. The lowest BCUT2D eigenvalue weighted by molar-refractivity contribution is -0.133. The second kappa shape index (κ2) is 7.82. The first-order valence-corrected chi connectivity index (χ1v) is 9.96. The summed E-state index contributed by atoms with van der Waals surface area (Å²) in [4.78, 5) is 17.0. The Bertz CT molecular complexity index is 809. The smallest absolute Gasteiger partial charge is 0.241 e. The van der Waals surface area contributed by atoms with Crippen LogP contribution in [0, 0.1) is 13.8 Å². The summed E-state index contributed by atoms with van der Waals surface area (Å²) in [6, 6.07) is 6.33. The summed E-state index contributed by atoms with van der Waals surface area (Å²) in [5.74, 6) is 0.267. The van der Waals surface area contributed by atoms with Crippen LogP contribution in [0.25, 0.3) is 5.69 Å². The number of amides is 1. The number of benzene rings is 1. The molecule has 1 atom stereocenters. The van der Waals surface area contributed by atoms with Crippen molar-refractivity contribution in [3.63, 3.8) is 0 Å². The lowest BCUT2D eigenvalue weighted by atomic mass is 10.1. The van der Waals surface area contributed by atoms with E-state index in [1.807, 2.05) is 15.8 Å². The summed E-state index contributed by atoms with van der Waals surface area (Å²) in [6.45, 7) is 9.49. The zero-order chi connectivity index (χ0) is 18.8. The van der Waals surface area contributed by atoms with E-state index in [4.69, 9.17) is 0 Å². The Balaban J connectivity index is 1.39. The van der Waals surface area contributed by atoms with Crippen LogP contribution in [0.2, 0.25) is 0 Å². The minimum absolute atomic E-state index is 0.0772. The highest BCUT2D eigenvalue weighted by molar-refractivity contribution is 5.82. The van der Waals surface area contributed by atoms with Gasteiger partial charge in [-0.05, 0) is 49.9 Å². The van der Waals surface area contributed by atoms with Crippen molar-refractivity contribution in [1.29, 1.82) is 0 Å². The third-order valence-electron chi connectivity index (χ3n) is 5.77. The van der Waals surface area contributed by atoms with Crippen molar-refractivity contribution < 1.29 is 4.79 Å². The number of aryl methyl sites for hydroxylation is 2. The average Bonchev–Trinajstić information content (AvgIpc) is 3.36. The fourth-order valence-electron chi connectivity index (χ4n) is 3.99. The molecular formula is C21H29N5O. The number of piperazine rings is 1. The number of hydrogen-bond donors (Lipinski definition) is 1. The monoisotopic (exact) mass is 367 g/mol. The molecule has 2 aliphatic rings. The van der Waals surface area contributed by atoms with Crippen LogP contribution in [0.4, 0.5) is 0 Å². The lowest BCUT2D eigenvalue weighted by Gasteiger charge is -2.34. The number of nitrogens with zero attached hydrogens (tertiary/aromatic N) is 4. The van der Waals surface area contributed by atoms with Gasteiger partial charge < -0.3 is 10.2 Å². The van der Waals surface area contributed by atoms with Gasteiger partial charge in [0.25, 0.3) is 0 Å². The molecule has 2 aromatic rings. The Morgan fingerprint density at radius 1 is 1.19 bits per heavy atom. The van der Waals surface area contributed by atoms with E-state index in [2.05, 4.69) is 53.6 Å². The molecule has 0 aliphatic carbocycles. The van der Waals surface area contributed by atoms with Crippen molar-refractivity contribution in [2.45, 2.75) is 39.3 Å². The van der Waals surface area contributed by atoms with Gasteiger partial charge in [0.2, 0.25) is 5.91 Å². The number of carbonyl (C=O) groups is 1. The quantitative estimate of drug-likeness (QED) is 0.897. The second-order valence-electron chi connectivity index (χ2n) is 7.84. The highest BCUT2D eigenvalue weighted by Crippen LogP contribution is 2.16. The molecule has 2 fully saturated rings. The molecule has 0 spiro atoms. The molecule has 1 aromatic carbocycles. The molecule has 0 bridgehead atoms. The Kier molecular flexibility index (Phi) is 5.27. The van der Waals surface area contributed by atoms with Gasteiger partial charge >= 0.3 is 0 Å². The second-order valence-corrected chi connectivity index (χ2v) is 7.84. The number of aromatic nitrogens is 2. The van der Waals surface area contributed by atoms with Crippen LogP contribution in [0.5, 0.6) is 0 Å². The van der Waals surface area contributed by atoms with E-state index < -0.39 is 0 Å². The third-order valence-corrected chi connectivity index (χ3v) is 5.77. The topological polar surface area (TPSA) is 53.4 Å². The Morgan fingerprint density at radius 2 is 2.00 bits per heavy atom. The van der Waals surface area contributed by atoms with Crippen LogP contribution in [-0.4, -0.2) is 64.3 Å². The van der Waals surface area contributed by atoms with Gasteiger partial charge in [-0.2, -0.15) is 5.10 Å². The van der Waals surface area contributed by atoms with Crippen molar-refractivity contribution in [2.24, 2.45) is 0 Å². The van der Waals surface area contributed by atoms with Crippen LogP contribution < -0.4 is 5.32 Å². The number of carbonyl (C=O) groups excluding carboxylic acids is 1. The summed E-state index contributed by atoms with van der Waals surface area (Å²) in [5, 5.41) is 7.94. The molecular weight excluding hydrogens is 338 g/mol. The van der Waals surface area contributed by atoms with E-state index in [0.717, 1.165) is 57.8 Å². The molecule has 2 aliphatic heterocycles. The Morgan fingerprint density at radius 3 is 2.78 bits per heavy atom. The minimum Gasteiger partial charge on any atom is -0.341 e. The first-order chi connectivity index (χ1) is 13.1. The van der Waals surface area contributed by atoms with E-state index in [1.54, 1.807) is 0 Å². The minimum atomic E-state index is -0.0772. The molecule has 1 amide bonds. The maximum absolute atomic E-state index is 12.7. The van der Waals surface area contributed by atoms with E-state index >= 15 is 0 Å². The van der Waals surface area contributed by atoms with E-state index in [0.29, 0.717) is 0 Å². The summed E-state index contributed by atoms with van der Waals surface area (Å²) < 4.78 is 1.94. The highest BCUT2D eigenvalue weighted by atomic mass is 16.2. The standard InChI is InChI=1S/C21H29N5O/c1-16-5-6-19(11-17(16)2)26-14-18(12-23-26)13-24-10-7-22-20(15-24)21(27)25-8-3-4-9-25/h5-6,11-12,14,20,22H,3-4,7-10,13,15H2,1-2H3/t20-/m1/s1. The van der Waals surface area contributed by atoms with Gasteiger partial charge in [-0.15, -0.1) is 0 Å². The molecule has 0 saturated carbocycles. The molecule has 0 radical (unpaired) electrons. The normalized spacial score (nSPS) is 21.0. The average molecular weight is 367 g/mol. The number of rotatable bonds is 4. The molecule has 1 N–H and O–H groups in total. The fraction of sp³-hybridized carbons (Fsp3) is 0.524. The Labute approximate surface area is 161 Å². The maximum Gasteiger partial charge on any atom is 0.241 e. The van der Waals surface area contributed by atoms with Gasteiger partial charge in [0.1, 0.15) is 0 Å². The van der Waals surface area contributed by atoms with E-state index in [-0.39, 0.29) is 11.9 Å². The molecule has 2 saturated heterocycles. The van der Waals surface area contributed by atoms with Gasteiger partial charge in [0, 0.05) is 51.0 Å². The molecule has 144 valence electrons. The van der Waals surface area contributed by atoms with Crippen LogP contribution in [0.15, 0.2) is 30.6 Å². The largest absolute Gasteiger partial charge is 0.341 e. The van der Waals surface area contributed by atoms with E-state index in [9.17, 15) is 4.79 Å². The van der Waals surface area contributed by atoms with Crippen molar-refractivity contribution in [3.05, 3.63) is 47.3 Å². The van der Waals surface area contributed by atoms with Gasteiger partial charge in [0.15, 0.2) is 0 Å². The third kappa shape index (κ3) is 4.06. The van der Waals surface area contributed by atoms with Crippen molar-refractivity contribution >= 4 is 5.91 Å². The maximum atomic E-state index is 12.7. The Hall–Kier alpha value is -2.18. The van der Waals surface area contributed by atoms with Crippen LogP contribution in [-0.2, 0) is 11.3 Å². The molecule has 6 heteroatoms. The van der Waals surface area contributed by atoms with E-state index in [1.165, 1.54) is 16.7 Å². The van der Waals surface area contributed by atoms with Gasteiger partial charge in [-0.1, -0.05) is 6.07 Å². The predicted molar refractivity (Wildman–Crippen MR) is 106 cm³/mol. The molecule has 27 heavy (non-hydrogen) atoms. The number of hydrogen-bond acceptors (Lipinski definition) is 4. The zero-order valence-corrected chi connectivity index (χ0v) is 16.3. The molecule has 3 heterocycles. The summed E-state index contributed by atoms with van der Waals surface area (Å²) in [7, 11) is 0. The van der Waals surface area contributed by atoms with Crippen molar-refractivity contribution in [3.8, 4) is 5.69 Å². The van der Waals surface area contributed by atoms with Crippen LogP contribution >= 0.6 is 0 Å². The number of likely N-dealkylation sites (tertiary alicyclic amines) is 1. The predicted octanol–water partition coefficient (Wildman–Crippen LogP) is 1.89. The SMILES string of the molecule is Cc1ccc(-n2cc(CN3CCN[C@@H](C(=O)N4CCCC4)C3)cn2)cc1C. The van der Waals surface area contributed by atoms with Gasteiger partial charge in [0.05, 0.1) is 17.9 Å². The van der Waals surface area contributed by atoms with Crippen LogP contribution in [0.1, 0.15) is 29.5 Å². The molecule has 0 unspecified atom stereocenters. The highest BCUT2D eigenvalue weighted by Gasteiger charge is 2.30. The van der Waals surface area contributed by atoms with Crippen molar-refractivity contribution in [1.82, 2.24) is 24.9 Å². The summed E-state index contributed by atoms with van der Waals surface area (Å²) in [5.41, 5.74) is 4.84. The molecule has 1 aromatic heterocycles. The van der Waals surface area contributed by atoms with Gasteiger partial charge in [-0.25, -0.2) is 4.68 Å². The first-order valence-electron chi connectivity index (χ1n) is 9.96. The summed E-state index contributed by atoms with van der Waals surface area (Å²) >= 11 is 0. The first kappa shape index (κ1) is 18.2. The van der Waals surface area contributed by atoms with Crippen LogP contribution in [0.3, 0.4) is 0 Å². The van der Waals surface area contributed by atoms with Crippen molar-refractivity contribution in [2.75, 3.05) is 32.7 Å². The molecule has 4 rings (SSSR count). The fourth-order valence-corrected chi connectivity index (χ4v) is 3.99. The van der Waals surface area contributed by atoms with Gasteiger partial charge in [-0.3, -0.25) is 9.69 Å². The summed E-state index contributed by atoms with van der Waals surface area (Å²) in [6.07, 6.45) is 6.32. The number of nitrogens with one attached hydrogen (secondary N) is 1. The molecule has 6 nitrogen and oxygen atoms in total.